The number of nitrogens with one attached hydrogen (secondary N) is 1. The second-order valence-corrected chi connectivity index (χ2v) is 4.77. The smallest absolute Gasteiger partial charge is 0.255 e. The van der Waals surface area contributed by atoms with E-state index in [-0.39, 0.29) is 35.6 Å². The molecule has 0 radical (unpaired) electrons. The number of nitrogens with zero attached hydrogens (tertiary/aromatic N) is 1. The zero-order chi connectivity index (χ0) is 15.6. The molecule has 110 valence electrons. The molecular weight excluding hydrogens is 276 g/mol. The number of aldehydes is 1. The van der Waals surface area contributed by atoms with Crippen molar-refractivity contribution in [2.75, 3.05) is 7.05 Å². The summed E-state index contributed by atoms with van der Waals surface area (Å²) in [5.41, 5.74) is 0.133. The first kappa shape index (κ1) is 14.7. The van der Waals surface area contributed by atoms with Crippen LogP contribution >= 0.6 is 0 Å². The lowest BCUT2D eigenvalue weighted by Crippen LogP contribution is -2.53. The molecule has 3 amide bonds. The second-order valence-electron chi connectivity index (χ2n) is 4.77. The number of hydrogen-bond donors (Lipinski definition) is 2. The predicted molar refractivity (Wildman–Crippen MR) is 71.8 cm³/mol. The lowest BCUT2D eigenvalue weighted by molar-refractivity contribution is -0.136. The number of carbonyl (C=O) groups excluding carboxylic acids is 4. The van der Waals surface area contributed by atoms with E-state index < -0.39 is 17.9 Å². The fourth-order valence-corrected chi connectivity index (χ4v) is 2.22. The number of likely N-dealkylation sites (N-methyl/N-ethyl adjacent to an activating group) is 1. The number of amides is 3. The molecule has 0 aromatic heterocycles. The third-order valence-corrected chi connectivity index (χ3v) is 3.39. The van der Waals surface area contributed by atoms with Gasteiger partial charge in [0.15, 0.2) is 6.29 Å². The number of benzene rings is 1. The first-order chi connectivity index (χ1) is 9.93. The van der Waals surface area contributed by atoms with Crippen LogP contribution in [0.1, 0.15) is 33.6 Å². The number of aromatic hydroxyl groups is 1. The molecule has 0 saturated carbocycles. The van der Waals surface area contributed by atoms with Gasteiger partial charge in [-0.1, -0.05) is 0 Å². The zero-order valence-electron chi connectivity index (χ0n) is 11.3. The van der Waals surface area contributed by atoms with Gasteiger partial charge in [-0.3, -0.25) is 24.5 Å². The Morgan fingerprint density at radius 2 is 2.14 bits per heavy atom. The van der Waals surface area contributed by atoms with E-state index in [0.717, 1.165) is 0 Å². The predicted octanol–water partition coefficient (Wildman–Crippen LogP) is 0.0819. The molecular formula is C14H14N2O5. The van der Waals surface area contributed by atoms with Crippen LogP contribution < -0.4 is 5.32 Å². The Bertz CT molecular complexity index is 626. The summed E-state index contributed by atoms with van der Waals surface area (Å²) < 4.78 is 0. The van der Waals surface area contributed by atoms with E-state index in [1.807, 2.05) is 0 Å². The van der Waals surface area contributed by atoms with Crippen LogP contribution in [0.15, 0.2) is 18.2 Å². The van der Waals surface area contributed by atoms with Crippen LogP contribution in [0.2, 0.25) is 0 Å². The third-order valence-electron chi connectivity index (χ3n) is 3.39. The number of imide groups is 1. The fourth-order valence-electron chi connectivity index (χ4n) is 2.22. The number of carbonyl (C=O) groups is 4. The van der Waals surface area contributed by atoms with Gasteiger partial charge in [-0.15, -0.1) is 0 Å². The average Bonchev–Trinajstić information content (AvgIpc) is 2.45. The first-order valence-corrected chi connectivity index (χ1v) is 6.33. The normalized spacial score (nSPS) is 18.0. The van der Waals surface area contributed by atoms with Crippen molar-refractivity contribution < 1.29 is 24.3 Å². The van der Waals surface area contributed by atoms with Gasteiger partial charge in [-0.25, -0.2) is 0 Å². The van der Waals surface area contributed by atoms with Gasteiger partial charge in [0.1, 0.15) is 11.8 Å². The largest absolute Gasteiger partial charge is 0.508 e. The van der Waals surface area contributed by atoms with Crippen molar-refractivity contribution in [2.45, 2.75) is 18.9 Å². The molecule has 0 bridgehead atoms. The van der Waals surface area contributed by atoms with Crippen molar-refractivity contribution in [1.82, 2.24) is 10.2 Å². The maximum absolute atomic E-state index is 12.4. The Kier molecular flexibility index (Phi) is 4.02. The molecule has 1 aromatic carbocycles. The van der Waals surface area contributed by atoms with Crippen molar-refractivity contribution >= 4 is 24.0 Å². The van der Waals surface area contributed by atoms with Gasteiger partial charge < -0.3 is 10.0 Å². The minimum absolute atomic E-state index is 0.0113. The number of phenolic OH excluding ortho intramolecular Hbond substituents is 1. The molecule has 2 N–H and O–H groups in total. The van der Waals surface area contributed by atoms with E-state index in [1.165, 1.54) is 30.1 Å². The zero-order valence-corrected chi connectivity index (χ0v) is 11.3. The molecule has 0 aliphatic carbocycles. The summed E-state index contributed by atoms with van der Waals surface area (Å²) in [5.74, 6) is -1.64. The Morgan fingerprint density at radius 1 is 1.43 bits per heavy atom. The van der Waals surface area contributed by atoms with Crippen molar-refractivity contribution in [3.8, 4) is 5.75 Å². The number of phenols is 1. The van der Waals surface area contributed by atoms with Crippen molar-refractivity contribution in [2.24, 2.45) is 0 Å². The molecule has 7 heteroatoms. The highest BCUT2D eigenvalue weighted by atomic mass is 16.3. The van der Waals surface area contributed by atoms with Crippen molar-refractivity contribution in [1.29, 1.82) is 0 Å². The van der Waals surface area contributed by atoms with Gasteiger partial charge in [0, 0.05) is 19.0 Å². The molecule has 1 unspecified atom stereocenters. The molecule has 1 saturated heterocycles. The first-order valence-electron chi connectivity index (χ1n) is 6.33. The highest BCUT2D eigenvalue weighted by Crippen LogP contribution is 2.19. The number of hydrogen-bond acceptors (Lipinski definition) is 5. The Hall–Kier alpha value is -2.70. The summed E-state index contributed by atoms with van der Waals surface area (Å²) in [6.07, 6.45) is 0.877. The fraction of sp³-hybridized carbons (Fsp3) is 0.286. The minimum Gasteiger partial charge on any atom is -0.508 e. The molecule has 1 aliphatic heterocycles. The lowest BCUT2D eigenvalue weighted by atomic mass is 10.0. The molecule has 1 aliphatic rings. The highest BCUT2D eigenvalue weighted by molar-refractivity contribution is 6.06. The maximum atomic E-state index is 12.4. The van der Waals surface area contributed by atoms with E-state index in [9.17, 15) is 24.3 Å². The van der Waals surface area contributed by atoms with Gasteiger partial charge in [-0.05, 0) is 24.6 Å². The molecule has 1 heterocycles. The molecule has 0 spiro atoms. The van der Waals surface area contributed by atoms with Gasteiger partial charge in [0.25, 0.3) is 5.91 Å². The molecule has 1 atom stereocenters. The van der Waals surface area contributed by atoms with E-state index in [4.69, 9.17) is 0 Å². The highest BCUT2D eigenvalue weighted by Gasteiger charge is 2.33. The van der Waals surface area contributed by atoms with Crippen LogP contribution in [0, 0.1) is 0 Å². The van der Waals surface area contributed by atoms with Gasteiger partial charge >= 0.3 is 0 Å². The van der Waals surface area contributed by atoms with Crippen LogP contribution in [-0.4, -0.2) is 47.1 Å². The molecule has 21 heavy (non-hydrogen) atoms. The number of piperidine rings is 1. The summed E-state index contributed by atoms with van der Waals surface area (Å²) in [5, 5.41) is 11.6. The second kappa shape index (κ2) is 5.74. The van der Waals surface area contributed by atoms with E-state index >= 15 is 0 Å². The van der Waals surface area contributed by atoms with Gasteiger partial charge in [0.05, 0.1) is 5.56 Å². The Labute approximate surface area is 120 Å². The topological polar surface area (TPSA) is 104 Å². The average molecular weight is 290 g/mol. The quantitative estimate of drug-likeness (QED) is 0.606. The van der Waals surface area contributed by atoms with Gasteiger partial charge in [0.2, 0.25) is 11.8 Å². The number of rotatable bonds is 3. The third kappa shape index (κ3) is 2.91. The maximum Gasteiger partial charge on any atom is 0.255 e. The van der Waals surface area contributed by atoms with Crippen LogP contribution in [-0.2, 0) is 9.59 Å². The van der Waals surface area contributed by atoms with Crippen LogP contribution in [0.4, 0.5) is 0 Å². The summed E-state index contributed by atoms with van der Waals surface area (Å²) >= 11 is 0. The van der Waals surface area contributed by atoms with Crippen molar-refractivity contribution in [3.63, 3.8) is 0 Å². The molecule has 7 nitrogen and oxygen atoms in total. The lowest BCUT2D eigenvalue weighted by Gasteiger charge is -2.30. The molecule has 1 fully saturated rings. The van der Waals surface area contributed by atoms with E-state index in [1.54, 1.807) is 0 Å². The SMILES string of the molecule is CN(C(=O)c1cc(O)ccc1C=O)C1CCC(=O)NC1=O. The molecule has 1 aromatic rings. The summed E-state index contributed by atoms with van der Waals surface area (Å²) in [6.45, 7) is 0. The van der Waals surface area contributed by atoms with Crippen LogP contribution in [0.25, 0.3) is 0 Å². The van der Waals surface area contributed by atoms with E-state index in [2.05, 4.69) is 5.32 Å². The van der Waals surface area contributed by atoms with Crippen LogP contribution in [0.3, 0.4) is 0 Å². The molecule has 2 rings (SSSR count). The van der Waals surface area contributed by atoms with Gasteiger partial charge in [-0.2, -0.15) is 0 Å². The Balaban J connectivity index is 2.27. The standard InChI is InChI=1S/C14H14N2O5/c1-16(11-4-5-12(19)15-13(11)20)14(21)10-6-9(18)3-2-8(10)7-17/h2-3,6-7,11,18H,4-5H2,1H3,(H,15,19,20). The minimum atomic E-state index is -0.781. The summed E-state index contributed by atoms with van der Waals surface area (Å²) in [6, 6.07) is 3.02. The van der Waals surface area contributed by atoms with E-state index in [0.29, 0.717) is 6.29 Å². The summed E-state index contributed by atoms with van der Waals surface area (Å²) in [4.78, 5) is 47.4. The summed E-state index contributed by atoms with van der Waals surface area (Å²) in [7, 11) is 1.42. The Morgan fingerprint density at radius 3 is 2.76 bits per heavy atom. The van der Waals surface area contributed by atoms with Crippen molar-refractivity contribution in [3.05, 3.63) is 29.3 Å². The van der Waals surface area contributed by atoms with Crippen LogP contribution in [0.5, 0.6) is 5.75 Å². The monoisotopic (exact) mass is 290 g/mol.